The quantitative estimate of drug-likeness (QED) is 0.827. The Morgan fingerprint density at radius 3 is 2.44 bits per heavy atom. The minimum absolute atomic E-state index is 0.0365. The Hall–Kier alpha value is -0.900. The van der Waals surface area contributed by atoms with Gasteiger partial charge in [0.15, 0.2) is 5.82 Å². The standard InChI is InChI=1S/C14H25N3O/c1-14(2,3)13-15-12(18-16-13)10-17(4)11-8-6-5-7-9-11/h11H,5-10H2,1-4H3. The fourth-order valence-corrected chi connectivity index (χ4v) is 2.49. The lowest BCUT2D eigenvalue weighted by Gasteiger charge is -2.29. The zero-order valence-electron chi connectivity index (χ0n) is 12.1. The van der Waals surface area contributed by atoms with E-state index in [-0.39, 0.29) is 5.41 Å². The fraction of sp³-hybridized carbons (Fsp3) is 0.857. The summed E-state index contributed by atoms with van der Waals surface area (Å²) in [6.07, 6.45) is 6.70. The van der Waals surface area contributed by atoms with Gasteiger partial charge in [-0.1, -0.05) is 45.2 Å². The monoisotopic (exact) mass is 251 g/mol. The Morgan fingerprint density at radius 1 is 1.22 bits per heavy atom. The van der Waals surface area contributed by atoms with Gasteiger partial charge in [-0.25, -0.2) is 0 Å². The summed E-state index contributed by atoms with van der Waals surface area (Å²) in [5.74, 6) is 1.54. The minimum Gasteiger partial charge on any atom is -0.338 e. The summed E-state index contributed by atoms with van der Waals surface area (Å²) in [6, 6.07) is 0.684. The lowest BCUT2D eigenvalue weighted by molar-refractivity contribution is 0.165. The van der Waals surface area contributed by atoms with Crippen molar-refractivity contribution in [2.75, 3.05) is 7.05 Å². The zero-order chi connectivity index (χ0) is 13.2. The molecule has 0 amide bonds. The van der Waals surface area contributed by atoms with Crippen molar-refractivity contribution in [3.8, 4) is 0 Å². The molecule has 0 bridgehead atoms. The summed E-state index contributed by atoms with van der Waals surface area (Å²) in [6.45, 7) is 7.08. The van der Waals surface area contributed by atoms with Crippen molar-refractivity contribution in [2.24, 2.45) is 0 Å². The molecular formula is C14H25N3O. The van der Waals surface area contributed by atoms with Crippen molar-refractivity contribution in [3.63, 3.8) is 0 Å². The Morgan fingerprint density at radius 2 is 1.89 bits per heavy atom. The van der Waals surface area contributed by atoms with Crippen LogP contribution in [0.5, 0.6) is 0 Å². The van der Waals surface area contributed by atoms with Gasteiger partial charge in [0, 0.05) is 11.5 Å². The Labute approximate surface area is 110 Å². The molecule has 0 aromatic carbocycles. The molecular weight excluding hydrogens is 226 g/mol. The smallest absolute Gasteiger partial charge is 0.240 e. The van der Waals surface area contributed by atoms with E-state index in [2.05, 4.69) is 42.9 Å². The largest absolute Gasteiger partial charge is 0.338 e. The van der Waals surface area contributed by atoms with Crippen LogP contribution in [0.25, 0.3) is 0 Å². The molecule has 18 heavy (non-hydrogen) atoms. The summed E-state index contributed by atoms with van der Waals surface area (Å²) in [5.41, 5.74) is -0.0365. The highest BCUT2D eigenvalue weighted by molar-refractivity contribution is 5.00. The number of nitrogens with zero attached hydrogens (tertiary/aromatic N) is 3. The van der Waals surface area contributed by atoms with E-state index in [1.165, 1.54) is 32.1 Å². The van der Waals surface area contributed by atoms with Crippen LogP contribution >= 0.6 is 0 Å². The molecule has 102 valence electrons. The number of aromatic nitrogens is 2. The number of rotatable bonds is 3. The maximum absolute atomic E-state index is 5.35. The average Bonchev–Trinajstić information content (AvgIpc) is 2.78. The molecule has 0 spiro atoms. The topological polar surface area (TPSA) is 42.2 Å². The second-order valence-electron chi connectivity index (χ2n) is 6.47. The molecule has 0 saturated heterocycles. The lowest BCUT2D eigenvalue weighted by Crippen LogP contribution is -2.33. The van der Waals surface area contributed by atoms with Crippen molar-refractivity contribution < 1.29 is 4.52 Å². The lowest BCUT2D eigenvalue weighted by atomic mass is 9.94. The third-order valence-corrected chi connectivity index (χ3v) is 3.72. The summed E-state index contributed by atoms with van der Waals surface area (Å²) >= 11 is 0. The molecule has 4 nitrogen and oxygen atoms in total. The van der Waals surface area contributed by atoms with E-state index in [9.17, 15) is 0 Å². The molecule has 1 heterocycles. The highest BCUT2D eigenvalue weighted by Crippen LogP contribution is 2.23. The molecule has 0 N–H and O–H groups in total. The summed E-state index contributed by atoms with van der Waals surface area (Å²) in [4.78, 5) is 6.86. The maximum atomic E-state index is 5.35. The van der Waals surface area contributed by atoms with Gasteiger partial charge in [-0.3, -0.25) is 4.90 Å². The normalized spacial score (nSPS) is 18.5. The van der Waals surface area contributed by atoms with Gasteiger partial charge in [0.1, 0.15) is 0 Å². The predicted molar refractivity (Wildman–Crippen MR) is 71.3 cm³/mol. The van der Waals surface area contributed by atoms with Crippen LogP contribution in [0.4, 0.5) is 0 Å². The third-order valence-electron chi connectivity index (χ3n) is 3.72. The van der Waals surface area contributed by atoms with Crippen LogP contribution in [0, 0.1) is 0 Å². The van der Waals surface area contributed by atoms with Gasteiger partial charge in [-0.2, -0.15) is 4.98 Å². The second-order valence-corrected chi connectivity index (χ2v) is 6.47. The molecule has 1 aromatic heterocycles. The van der Waals surface area contributed by atoms with Crippen LogP contribution in [-0.2, 0) is 12.0 Å². The van der Waals surface area contributed by atoms with Crippen LogP contribution in [0.15, 0.2) is 4.52 Å². The van der Waals surface area contributed by atoms with E-state index in [1.807, 2.05) is 0 Å². The highest BCUT2D eigenvalue weighted by atomic mass is 16.5. The molecule has 0 unspecified atom stereocenters. The van der Waals surface area contributed by atoms with Gasteiger partial charge in [-0.05, 0) is 19.9 Å². The van der Waals surface area contributed by atoms with Crippen molar-refractivity contribution in [3.05, 3.63) is 11.7 Å². The molecule has 0 atom stereocenters. The first-order chi connectivity index (χ1) is 8.47. The molecule has 1 aromatic rings. The van der Waals surface area contributed by atoms with Gasteiger partial charge < -0.3 is 4.52 Å². The zero-order valence-corrected chi connectivity index (χ0v) is 12.1. The van der Waals surface area contributed by atoms with Gasteiger partial charge in [0.25, 0.3) is 0 Å². The van der Waals surface area contributed by atoms with Gasteiger partial charge in [-0.15, -0.1) is 0 Å². The average molecular weight is 251 g/mol. The van der Waals surface area contributed by atoms with Gasteiger partial charge in [0.2, 0.25) is 5.89 Å². The van der Waals surface area contributed by atoms with Crippen LogP contribution in [0.2, 0.25) is 0 Å². The van der Waals surface area contributed by atoms with E-state index in [0.29, 0.717) is 6.04 Å². The summed E-state index contributed by atoms with van der Waals surface area (Å²) < 4.78 is 5.35. The van der Waals surface area contributed by atoms with Crippen molar-refractivity contribution in [2.45, 2.75) is 70.9 Å². The predicted octanol–water partition coefficient (Wildman–Crippen LogP) is 3.13. The third kappa shape index (κ3) is 3.31. The molecule has 1 fully saturated rings. The van der Waals surface area contributed by atoms with Crippen LogP contribution in [-0.4, -0.2) is 28.1 Å². The minimum atomic E-state index is -0.0365. The molecule has 1 saturated carbocycles. The Balaban J connectivity index is 1.94. The highest BCUT2D eigenvalue weighted by Gasteiger charge is 2.23. The number of hydrogen-bond donors (Lipinski definition) is 0. The van der Waals surface area contributed by atoms with E-state index < -0.39 is 0 Å². The second kappa shape index (κ2) is 5.39. The van der Waals surface area contributed by atoms with E-state index in [0.717, 1.165) is 18.3 Å². The Kier molecular flexibility index (Phi) is 4.05. The van der Waals surface area contributed by atoms with Crippen LogP contribution < -0.4 is 0 Å². The van der Waals surface area contributed by atoms with Crippen LogP contribution in [0.3, 0.4) is 0 Å². The first kappa shape index (κ1) is 13.5. The molecule has 1 aliphatic rings. The fourth-order valence-electron chi connectivity index (χ4n) is 2.49. The first-order valence-electron chi connectivity index (χ1n) is 7.00. The van der Waals surface area contributed by atoms with Crippen molar-refractivity contribution in [1.82, 2.24) is 15.0 Å². The summed E-state index contributed by atoms with van der Waals surface area (Å²) in [5, 5.41) is 4.07. The van der Waals surface area contributed by atoms with E-state index in [4.69, 9.17) is 4.52 Å². The number of hydrogen-bond acceptors (Lipinski definition) is 4. The molecule has 4 heteroatoms. The van der Waals surface area contributed by atoms with E-state index >= 15 is 0 Å². The maximum Gasteiger partial charge on any atom is 0.240 e. The first-order valence-corrected chi connectivity index (χ1v) is 7.00. The van der Waals surface area contributed by atoms with E-state index in [1.54, 1.807) is 0 Å². The summed E-state index contributed by atoms with van der Waals surface area (Å²) in [7, 11) is 2.16. The van der Waals surface area contributed by atoms with Crippen LogP contribution in [0.1, 0.15) is 64.6 Å². The van der Waals surface area contributed by atoms with Crippen molar-refractivity contribution in [1.29, 1.82) is 0 Å². The Bertz CT molecular complexity index is 375. The molecule has 0 radical (unpaired) electrons. The van der Waals surface area contributed by atoms with Gasteiger partial charge >= 0.3 is 0 Å². The molecule has 2 rings (SSSR count). The SMILES string of the molecule is CN(Cc1nc(C(C)(C)C)no1)C1CCCCC1. The van der Waals surface area contributed by atoms with Crippen molar-refractivity contribution >= 4 is 0 Å². The molecule has 1 aliphatic carbocycles. The van der Waals surface area contributed by atoms with Gasteiger partial charge in [0.05, 0.1) is 6.54 Å². The molecule has 0 aliphatic heterocycles.